The Kier molecular flexibility index (Phi) is 5.41. The summed E-state index contributed by atoms with van der Waals surface area (Å²) in [6, 6.07) is 13.8. The number of rotatable bonds is 6. The van der Waals surface area contributed by atoms with E-state index in [-0.39, 0.29) is 0 Å². The summed E-state index contributed by atoms with van der Waals surface area (Å²) in [6.07, 6.45) is 3.74. The van der Waals surface area contributed by atoms with Gasteiger partial charge in [0, 0.05) is 10.5 Å². The van der Waals surface area contributed by atoms with Gasteiger partial charge >= 0.3 is 0 Å². The van der Waals surface area contributed by atoms with Gasteiger partial charge in [-0.25, -0.2) is 0 Å². The minimum absolute atomic E-state index is 0.484. The van der Waals surface area contributed by atoms with Crippen LogP contribution < -0.4 is 5.32 Å². The van der Waals surface area contributed by atoms with E-state index in [1.54, 1.807) is 0 Å². The topological polar surface area (TPSA) is 12.0 Å². The van der Waals surface area contributed by atoms with Crippen molar-refractivity contribution >= 4 is 26.7 Å². The van der Waals surface area contributed by atoms with Crippen LogP contribution in [-0.4, -0.2) is 6.54 Å². The first kappa shape index (κ1) is 14.5. The fourth-order valence-electron chi connectivity index (χ4n) is 2.49. The van der Waals surface area contributed by atoms with Crippen molar-refractivity contribution in [2.24, 2.45) is 0 Å². The second kappa shape index (κ2) is 7.06. The lowest BCUT2D eigenvalue weighted by Gasteiger charge is -2.18. The summed E-state index contributed by atoms with van der Waals surface area (Å²) < 4.78 is 1.14. The van der Waals surface area contributed by atoms with Gasteiger partial charge < -0.3 is 5.32 Å². The second-order valence-electron chi connectivity index (χ2n) is 5.00. The molecule has 0 aliphatic carbocycles. The van der Waals surface area contributed by atoms with Gasteiger partial charge in [-0.2, -0.15) is 0 Å². The molecule has 102 valence electrons. The molecule has 2 aromatic rings. The standard InChI is InChI=1S/C17H22BrN/c1-3-5-6-17(19-4-2)15-8-7-14-12-16(18)10-9-13(14)11-15/h7-12,17,19H,3-6H2,1-2H3. The lowest BCUT2D eigenvalue weighted by molar-refractivity contribution is 0.495. The molecule has 0 saturated heterocycles. The minimum atomic E-state index is 0.484. The van der Waals surface area contributed by atoms with Gasteiger partial charge in [0.1, 0.15) is 0 Å². The van der Waals surface area contributed by atoms with Crippen molar-refractivity contribution in [1.82, 2.24) is 5.32 Å². The van der Waals surface area contributed by atoms with Crippen molar-refractivity contribution in [1.29, 1.82) is 0 Å². The van der Waals surface area contributed by atoms with Crippen LogP contribution in [0.3, 0.4) is 0 Å². The molecule has 0 radical (unpaired) electrons. The average Bonchev–Trinajstić information content (AvgIpc) is 2.43. The van der Waals surface area contributed by atoms with Gasteiger partial charge in [-0.15, -0.1) is 0 Å². The molecule has 1 atom stereocenters. The highest BCUT2D eigenvalue weighted by atomic mass is 79.9. The smallest absolute Gasteiger partial charge is 0.0320 e. The van der Waals surface area contributed by atoms with E-state index in [1.807, 2.05) is 0 Å². The third-order valence-electron chi connectivity index (χ3n) is 3.53. The Morgan fingerprint density at radius 2 is 1.79 bits per heavy atom. The number of fused-ring (bicyclic) bond motifs is 1. The molecule has 1 unspecified atom stereocenters. The van der Waals surface area contributed by atoms with Gasteiger partial charge in [0.15, 0.2) is 0 Å². The van der Waals surface area contributed by atoms with E-state index in [0.717, 1.165) is 11.0 Å². The third-order valence-corrected chi connectivity index (χ3v) is 4.02. The molecule has 1 N–H and O–H groups in total. The van der Waals surface area contributed by atoms with Gasteiger partial charge in [-0.05, 0) is 47.5 Å². The molecule has 1 nitrogen and oxygen atoms in total. The van der Waals surface area contributed by atoms with Gasteiger partial charge in [0.25, 0.3) is 0 Å². The van der Waals surface area contributed by atoms with Crippen LogP contribution in [0, 0.1) is 0 Å². The highest BCUT2D eigenvalue weighted by Crippen LogP contribution is 2.26. The summed E-state index contributed by atoms with van der Waals surface area (Å²) >= 11 is 3.53. The lowest BCUT2D eigenvalue weighted by Crippen LogP contribution is -2.20. The molecule has 0 saturated carbocycles. The zero-order valence-electron chi connectivity index (χ0n) is 11.7. The quantitative estimate of drug-likeness (QED) is 0.747. The molecule has 2 heteroatoms. The Balaban J connectivity index is 2.29. The molecular weight excluding hydrogens is 298 g/mol. The van der Waals surface area contributed by atoms with Crippen molar-refractivity contribution in [3.63, 3.8) is 0 Å². The average molecular weight is 320 g/mol. The minimum Gasteiger partial charge on any atom is -0.310 e. The monoisotopic (exact) mass is 319 g/mol. The Labute approximate surface area is 124 Å². The van der Waals surface area contributed by atoms with Crippen LogP contribution in [0.5, 0.6) is 0 Å². The summed E-state index contributed by atoms with van der Waals surface area (Å²) in [5, 5.41) is 6.22. The van der Waals surface area contributed by atoms with Crippen LogP contribution >= 0.6 is 15.9 Å². The van der Waals surface area contributed by atoms with E-state index in [2.05, 4.69) is 71.5 Å². The zero-order chi connectivity index (χ0) is 13.7. The Morgan fingerprint density at radius 1 is 1.05 bits per heavy atom. The summed E-state index contributed by atoms with van der Waals surface area (Å²) in [7, 11) is 0. The van der Waals surface area contributed by atoms with Crippen LogP contribution in [0.4, 0.5) is 0 Å². The fraction of sp³-hybridized carbons (Fsp3) is 0.412. The maximum Gasteiger partial charge on any atom is 0.0320 e. The first-order valence-corrected chi connectivity index (χ1v) is 7.96. The zero-order valence-corrected chi connectivity index (χ0v) is 13.3. The number of nitrogens with one attached hydrogen (secondary N) is 1. The van der Waals surface area contributed by atoms with E-state index in [0.29, 0.717) is 6.04 Å². The molecule has 0 aliphatic rings. The van der Waals surface area contributed by atoms with Crippen LogP contribution in [0.25, 0.3) is 10.8 Å². The van der Waals surface area contributed by atoms with Crippen LogP contribution in [0.15, 0.2) is 40.9 Å². The molecule has 2 rings (SSSR count). The summed E-state index contributed by atoms with van der Waals surface area (Å²) in [5.74, 6) is 0. The van der Waals surface area contributed by atoms with Gasteiger partial charge in [0.05, 0.1) is 0 Å². The Bertz CT molecular complexity index is 536. The van der Waals surface area contributed by atoms with Crippen LogP contribution in [0.1, 0.15) is 44.7 Å². The van der Waals surface area contributed by atoms with Crippen molar-refractivity contribution < 1.29 is 0 Å². The van der Waals surface area contributed by atoms with E-state index in [4.69, 9.17) is 0 Å². The highest BCUT2D eigenvalue weighted by molar-refractivity contribution is 9.10. The van der Waals surface area contributed by atoms with Crippen molar-refractivity contribution in [3.05, 3.63) is 46.4 Å². The summed E-state index contributed by atoms with van der Waals surface area (Å²) in [6.45, 7) is 5.45. The molecule has 0 heterocycles. The third kappa shape index (κ3) is 3.80. The number of benzene rings is 2. The molecule has 0 fully saturated rings. The molecule has 0 aliphatic heterocycles. The molecule has 0 bridgehead atoms. The Morgan fingerprint density at radius 3 is 2.53 bits per heavy atom. The maximum absolute atomic E-state index is 3.60. The van der Waals surface area contributed by atoms with Gasteiger partial charge in [0.2, 0.25) is 0 Å². The molecule has 0 spiro atoms. The molecular formula is C17H22BrN. The highest BCUT2D eigenvalue weighted by Gasteiger charge is 2.10. The van der Waals surface area contributed by atoms with E-state index >= 15 is 0 Å². The Hall–Kier alpha value is -0.860. The molecule has 0 amide bonds. The number of hydrogen-bond donors (Lipinski definition) is 1. The van der Waals surface area contributed by atoms with Crippen molar-refractivity contribution in [2.45, 2.75) is 39.2 Å². The number of unbranched alkanes of at least 4 members (excludes halogenated alkanes) is 1. The molecule has 0 aromatic heterocycles. The van der Waals surface area contributed by atoms with Gasteiger partial charge in [-0.1, -0.05) is 60.8 Å². The maximum atomic E-state index is 3.60. The SMILES string of the molecule is CCCCC(NCC)c1ccc2cc(Br)ccc2c1. The number of hydrogen-bond acceptors (Lipinski definition) is 1. The van der Waals surface area contributed by atoms with Crippen molar-refractivity contribution in [3.8, 4) is 0 Å². The van der Waals surface area contributed by atoms with Crippen molar-refractivity contribution in [2.75, 3.05) is 6.54 Å². The van der Waals surface area contributed by atoms with E-state index < -0.39 is 0 Å². The van der Waals surface area contributed by atoms with Crippen LogP contribution in [0.2, 0.25) is 0 Å². The molecule has 2 aromatic carbocycles. The molecule has 19 heavy (non-hydrogen) atoms. The second-order valence-corrected chi connectivity index (χ2v) is 5.92. The first-order chi connectivity index (χ1) is 9.24. The lowest BCUT2D eigenvalue weighted by atomic mass is 9.98. The normalized spacial score (nSPS) is 12.8. The first-order valence-electron chi connectivity index (χ1n) is 7.17. The fourth-order valence-corrected chi connectivity index (χ4v) is 2.87. The number of halogens is 1. The predicted octanol–water partition coefficient (Wildman–Crippen LogP) is 5.44. The van der Waals surface area contributed by atoms with E-state index in [9.17, 15) is 0 Å². The summed E-state index contributed by atoms with van der Waals surface area (Å²) in [4.78, 5) is 0. The summed E-state index contributed by atoms with van der Waals surface area (Å²) in [5.41, 5.74) is 1.41. The van der Waals surface area contributed by atoms with Gasteiger partial charge in [-0.3, -0.25) is 0 Å². The largest absolute Gasteiger partial charge is 0.310 e. The van der Waals surface area contributed by atoms with E-state index in [1.165, 1.54) is 35.6 Å². The predicted molar refractivity (Wildman–Crippen MR) is 87.6 cm³/mol. The van der Waals surface area contributed by atoms with Crippen LogP contribution in [-0.2, 0) is 0 Å².